The molecule has 0 bridgehead atoms. The second-order valence-corrected chi connectivity index (χ2v) is 5.71. The molecule has 3 aromatic rings. The standard InChI is InChI=1S/C15H17N5O5/c21-5-9-11(22)12(23)15(25-9)20-7-19-10-13(17-6-18-14(10)20)16-4-8-2-1-3-24-8/h1-3,6-7,9,11-12,15,21-23H,4-5H2,(H,16,17,18)/t9-,11?,12+,15-/m0/s1. The molecular formula is C15H17N5O5. The lowest BCUT2D eigenvalue weighted by Crippen LogP contribution is -2.33. The van der Waals surface area contributed by atoms with Gasteiger partial charge in [0, 0.05) is 0 Å². The van der Waals surface area contributed by atoms with Gasteiger partial charge in [0.1, 0.15) is 30.4 Å². The fourth-order valence-electron chi connectivity index (χ4n) is 2.86. The molecule has 4 N–H and O–H groups in total. The van der Waals surface area contributed by atoms with Crippen molar-refractivity contribution < 1.29 is 24.5 Å². The van der Waals surface area contributed by atoms with Gasteiger partial charge >= 0.3 is 0 Å². The van der Waals surface area contributed by atoms with Gasteiger partial charge in [-0.2, -0.15) is 0 Å². The molecule has 1 aliphatic rings. The summed E-state index contributed by atoms with van der Waals surface area (Å²) in [5.41, 5.74) is 0.929. The van der Waals surface area contributed by atoms with E-state index in [4.69, 9.17) is 9.15 Å². The van der Waals surface area contributed by atoms with E-state index >= 15 is 0 Å². The van der Waals surface area contributed by atoms with Crippen LogP contribution < -0.4 is 5.32 Å². The maximum Gasteiger partial charge on any atom is 0.167 e. The molecule has 25 heavy (non-hydrogen) atoms. The van der Waals surface area contributed by atoms with E-state index in [9.17, 15) is 15.3 Å². The quantitative estimate of drug-likeness (QED) is 0.487. The van der Waals surface area contributed by atoms with Gasteiger partial charge < -0.3 is 29.8 Å². The van der Waals surface area contributed by atoms with Crippen LogP contribution in [0.2, 0.25) is 0 Å². The van der Waals surface area contributed by atoms with Gasteiger partial charge in [0.15, 0.2) is 23.2 Å². The third-order valence-electron chi connectivity index (χ3n) is 4.16. The van der Waals surface area contributed by atoms with E-state index in [1.807, 2.05) is 6.07 Å². The summed E-state index contributed by atoms with van der Waals surface area (Å²) in [7, 11) is 0. The van der Waals surface area contributed by atoms with Crippen LogP contribution in [0.5, 0.6) is 0 Å². The van der Waals surface area contributed by atoms with Crippen LogP contribution in [0.15, 0.2) is 35.5 Å². The minimum absolute atomic E-state index is 0.397. The maximum atomic E-state index is 10.2. The third-order valence-corrected chi connectivity index (χ3v) is 4.16. The largest absolute Gasteiger partial charge is 0.467 e. The lowest BCUT2D eigenvalue weighted by atomic mass is 10.1. The molecule has 1 unspecified atom stereocenters. The van der Waals surface area contributed by atoms with Gasteiger partial charge in [-0.05, 0) is 12.1 Å². The van der Waals surface area contributed by atoms with Crippen molar-refractivity contribution in [1.29, 1.82) is 0 Å². The average molecular weight is 347 g/mol. The van der Waals surface area contributed by atoms with Crippen LogP contribution in [0.3, 0.4) is 0 Å². The molecule has 3 aromatic heterocycles. The number of fused-ring (bicyclic) bond motifs is 1. The fraction of sp³-hybridized carbons (Fsp3) is 0.400. The van der Waals surface area contributed by atoms with Crippen LogP contribution in [0.1, 0.15) is 12.0 Å². The molecule has 1 aliphatic heterocycles. The van der Waals surface area contributed by atoms with E-state index < -0.39 is 31.1 Å². The van der Waals surface area contributed by atoms with Gasteiger partial charge in [-0.1, -0.05) is 0 Å². The minimum atomic E-state index is -1.20. The molecule has 132 valence electrons. The predicted molar refractivity (Wildman–Crippen MR) is 84.4 cm³/mol. The minimum Gasteiger partial charge on any atom is -0.467 e. The summed E-state index contributed by atoms with van der Waals surface area (Å²) < 4.78 is 12.3. The highest BCUT2D eigenvalue weighted by Crippen LogP contribution is 2.32. The lowest BCUT2D eigenvalue weighted by molar-refractivity contribution is -0.0511. The van der Waals surface area contributed by atoms with Gasteiger partial charge in [-0.25, -0.2) is 15.0 Å². The molecule has 0 amide bonds. The molecule has 0 aliphatic carbocycles. The Labute approximate surface area is 141 Å². The number of imidazole rings is 1. The van der Waals surface area contributed by atoms with E-state index in [0.29, 0.717) is 23.5 Å². The van der Waals surface area contributed by atoms with Crippen molar-refractivity contribution in [3.8, 4) is 0 Å². The Bertz CT molecular complexity index is 851. The molecule has 1 saturated heterocycles. The molecule has 1 fully saturated rings. The van der Waals surface area contributed by atoms with Crippen molar-refractivity contribution in [3.63, 3.8) is 0 Å². The van der Waals surface area contributed by atoms with Crippen LogP contribution >= 0.6 is 0 Å². The number of rotatable bonds is 5. The van der Waals surface area contributed by atoms with Crippen LogP contribution in [0, 0.1) is 0 Å². The molecule has 0 saturated carbocycles. The molecular weight excluding hydrogens is 330 g/mol. The SMILES string of the molecule is OC[C@@H]1O[C@H](n2cnc3c(NCc4ccco4)ncnc32)[C@H](O)C1O. The Morgan fingerprint density at radius 2 is 2.08 bits per heavy atom. The van der Waals surface area contributed by atoms with E-state index in [-0.39, 0.29) is 0 Å². The Hall–Kier alpha value is -2.53. The molecule has 4 rings (SSSR count). The zero-order chi connectivity index (χ0) is 17.4. The van der Waals surface area contributed by atoms with E-state index in [2.05, 4.69) is 20.3 Å². The molecule has 10 nitrogen and oxygen atoms in total. The number of aromatic nitrogens is 4. The summed E-state index contributed by atoms with van der Waals surface area (Å²) in [4.78, 5) is 12.7. The molecule has 0 aromatic carbocycles. The smallest absolute Gasteiger partial charge is 0.167 e. The Morgan fingerprint density at radius 1 is 1.20 bits per heavy atom. The van der Waals surface area contributed by atoms with Crippen LogP contribution in [-0.4, -0.2) is 59.8 Å². The van der Waals surface area contributed by atoms with Crippen molar-refractivity contribution in [2.24, 2.45) is 0 Å². The van der Waals surface area contributed by atoms with E-state index in [1.165, 1.54) is 17.2 Å². The van der Waals surface area contributed by atoms with Crippen LogP contribution in [0.4, 0.5) is 5.82 Å². The molecule has 10 heteroatoms. The predicted octanol–water partition coefficient (Wildman–Crippen LogP) is -0.357. The summed E-state index contributed by atoms with van der Waals surface area (Å²) in [6.07, 6.45) is 0.253. The van der Waals surface area contributed by atoms with E-state index in [0.717, 1.165) is 5.76 Å². The highest BCUT2D eigenvalue weighted by molar-refractivity contribution is 5.82. The highest BCUT2D eigenvalue weighted by Gasteiger charge is 2.44. The first-order chi connectivity index (χ1) is 12.2. The van der Waals surface area contributed by atoms with Gasteiger partial charge in [0.2, 0.25) is 0 Å². The number of ether oxygens (including phenoxy) is 1. The first-order valence-corrected chi connectivity index (χ1v) is 7.75. The summed E-state index contributed by atoms with van der Waals surface area (Å²) in [6.45, 7) is 0.0338. The molecule has 0 radical (unpaired) electrons. The first-order valence-electron chi connectivity index (χ1n) is 7.75. The van der Waals surface area contributed by atoms with Crippen molar-refractivity contribution in [1.82, 2.24) is 19.5 Å². The third kappa shape index (κ3) is 2.74. The lowest BCUT2D eigenvalue weighted by Gasteiger charge is -2.16. The average Bonchev–Trinajstić information content (AvgIpc) is 3.34. The van der Waals surface area contributed by atoms with Crippen LogP contribution in [-0.2, 0) is 11.3 Å². The zero-order valence-electron chi connectivity index (χ0n) is 13.1. The number of aliphatic hydroxyl groups is 3. The fourth-order valence-corrected chi connectivity index (χ4v) is 2.86. The van der Waals surface area contributed by atoms with Crippen molar-refractivity contribution in [2.45, 2.75) is 31.1 Å². The van der Waals surface area contributed by atoms with Gasteiger partial charge in [0.25, 0.3) is 0 Å². The van der Waals surface area contributed by atoms with Gasteiger partial charge in [-0.3, -0.25) is 4.57 Å². The monoisotopic (exact) mass is 347 g/mol. The second kappa shape index (κ2) is 6.41. The van der Waals surface area contributed by atoms with Gasteiger partial charge in [-0.15, -0.1) is 0 Å². The second-order valence-electron chi connectivity index (χ2n) is 5.71. The normalized spacial score (nSPS) is 26.4. The Balaban J connectivity index is 1.63. The van der Waals surface area contributed by atoms with Crippen molar-refractivity contribution >= 4 is 17.0 Å². The number of furan rings is 1. The number of nitrogens with one attached hydrogen (secondary N) is 1. The van der Waals surface area contributed by atoms with Crippen LogP contribution in [0.25, 0.3) is 11.2 Å². The number of hydrogen-bond donors (Lipinski definition) is 4. The zero-order valence-corrected chi connectivity index (χ0v) is 13.1. The topological polar surface area (TPSA) is 139 Å². The number of aliphatic hydroxyl groups excluding tert-OH is 3. The Morgan fingerprint density at radius 3 is 2.80 bits per heavy atom. The van der Waals surface area contributed by atoms with Crippen molar-refractivity contribution in [3.05, 3.63) is 36.8 Å². The number of nitrogens with zero attached hydrogens (tertiary/aromatic N) is 4. The van der Waals surface area contributed by atoms with Crippen molar-refractivity contribution in [2.75, 3.05) is 11.9 Å². The Kier molecular flexibility index (Phi) is 4.09. The first kappa shape index (κ1) is 16.0. The highest BCUT2D eigenvalue weighted by atomic mass is 16.6. The summed E-state index contributed by atoms with van der Waals surface area (Å²) in [5.74, 6) is 1.25. The molecule has 0 spiro atoms. The summed E-state index contributed by atoms with van der Waals surface area (Å²) in [6, 6.07) is 3.63. The van der Waals surface area contributed by atoms with Gasteiger partial charge in [0.05, 0.1) is 25.7 Å². The molecule has 4 atom stereocenters. The van der Waals surface area contributed by atoms with E-state index in [1.54, 1.807) is 12.3 Å². The summed E-state index contributed by atoms with van der Waals surface area (Å²) >= 11 is 0. The number of anilines is 1. The number of hydrogen-bond acceptors (Lipinski definition) is 9. The maximum absolute atomic E-state index is 10.2. The molecule has 4 heterocycles. The summed E-state index contributed by atoms with van der Waals surface area (Å²) in [5, 5.41) is 32.4.